The van der Waals surface area contributed by atoms with Gasteiger partial charge in [0.1, 0.15) is 11.2 Å². The van der Waals surface area contributed by atoms with Crippen molar-refractivity contribution in [2.24, 2.45) is 0 Å². The Bertz CT molecular complexity index is 2310. The number of aromatic carboxylic acids is 1. The molecule has 0 saturated carbocycles. The third kappa shape index (κ3) is 12.2. The first kappa shape index (κ1) is 42.2. The number of hydrogen-bond donors (Lipinski definition) is 3. The molecule has 0 aliphatic carbocycles. The molecule has 0 aliphatic rings. The summed E-state index contributed by atoms with van der Waals surface area (Å²) < 4.78 is 12.8. The van der Waals surface area contributed by atoms with Crippen molar-refractivity contribution in [3.63, 3.8) is 0 Å². The van der Waals surface area contributed by atoms with Crippen LogP contribution in [0.5, 0.6) is 0 Å². The maximum Gasteiger partial charge on any atom is 0.339 e. The number of nitrogens with one attached hydrogen (secondary N) is 1. The molecule has 0 radical (unpaired) electrons. The molecule has 4 N–H and O–H groups in total. The lowest BCUT2D eigenvalue weighted by Crippen LogP contribution is -2.24. The second-order valence-corrected chi connectivity index (χ2v) is 16.1. The van der Waals surface area contributed by atoms with Gasteiger partial charge in [-0.05, 0) is 136 Å². The summed E-state index contributed by atoms with van der Waals surface area (Å²) in [6, 6.07) is 35.4. The summed E-state index contributed by atoms with van der Waals surface area (Å²) in [5.74, 6) is -2.11. The summed E-state index contributed by atoms with van der Waals surface area (Å²) in [5, 5.41) is 14.6. The molecule has 6 aromatic rings. The van der Waals surface area contributed by atoms with Gasteiger partial charge in [-0.2, -0.15) is 0 Å². The Morgan fingerprint density at radius 1 is 0.527 bits per heavy atom. The molecule has 11 heteroatoms. The molecule has 0 bridgehead atoms. The Morgan fingerprint density at radius 2 is 0.873 bits per heavy atom. The van der Waals surface area contributed by atoms with Gasteiger partial charge in [0.15, 0.2) is 0 Å². The van der Waals surface area contributed by atoms with E-state index in [1.807, 2.05) is 81.4 Å². The van der Waals surface area contributed by atoms with Crippen molar-refractivity contribution in [1.29, 1.82) is 0 Å². The molecule has 0 fully saturated rings. The average Bonchev–Trinajstić information content (AvgIpc) is 3.11. The number of rotatable bonds is 5. The van der Waals surface area contributed by atoms with Crippen molar-refractivity contribution >= 4 is 88.6 Å². The lowest BCUT2D eigenvalue weighted by atomic mass is 9.99. The second kappa shape index (κ2) is 18.2. The van der Waals surface area contributed by atoms with Crippen LogP contribution in [0.1, 0.15) is 83.0 Å². The average molecular weight is 871 g/mol. The van der Waals surface area contributed by atoms with Gasteiger partial charge in [-0.3, -0.25) is 4.79 Å². The van der Waals surface area contributed by atoms with Crippen molar-refractivity contribution in [2.45, 2.75) is 52.7 Å². The maximum atomic E-state index is 12.8. The fourth-order valence-corrected chi connectivity index (χ4v) is 5.75. The van der Waals surface area contributed by atoms with E-state index in [4.69, 9.17) is 15.2 Å². The smallest absolute Gasteiger partial charge is 0.339 e. The van der Waals surface area contributed by atoms with Gasteiger partial charge >= 0.3 is 17.9 Å². The number of benzene rings is 6. The number of ether oxygens (including phenoxy) is 2. The number of hydrogen-bond acceptors (Lipinski definition) is 7. The normalized spacial score (nSPS) is 11.0. The summed E-state index contributed by atoms with van der Waals surface area (Å²) in [6.45, 7) is 10.9. The van der Waals surface area contributed by atoms with Crippen molar-refractivity contribution < 1.29 is 33.8 Å². The number of anilines is 2. The number of fused-ring (bicyclic) bond motifs is 2. The Hall–Kier alpha value is -5.52. The molecule has 0 atom stereocenters. The minimum atomic E-state index is -1.02. The summed E-state index contributed by atoms with van der Waals surface area (Å²) in [6.07, 6.45) is 0. The van der Waals surface area contributed by atoms with Crippen molar-refractivity contribution in [3.05, 3.63) is 153 Å². The Morgan fingerprint density at radius 3 is 1.25 bits per heavy atom. The van der Waals surface area contributed by atoms with Gasteiger partial charge in [0.25, 0.3) is 5.91 Å². The van der Waals surface area contributed by atoms with Crippen molar-refractivity contribution in [3.8, 4) is 0 Å². The number of amides is 1. The molecule has 0 heterocycles. The fourth-order valence-electron chi connectivity index (χ4n) is 5.22. The van der Waals surface area contributed by atoms with Gasteiger partial charge in [-0.1, -0.05) is 80.4 Å². The molecule has 0 aromatic heterocycles. The van der Waals surface area contributed by atoms with E-state index in [2.05, 4.69) is 37.2 Å². The van der Waals surface area contributed by atoms with Crippen LogP contribution in [0.3, 0.4) is 0 Å². The van der Waals surface area contributed by atoms with Gasteiger partial charge in [0.2, 0.25) is 0 Å². The van der Waals surface area contributed by atoms with Gasteiger partial charge < -0.3 is 25.6 Å². The molecular weight excluding hydrogens is 828 g/mol. The van der Waals surface area contributed by atoms with Gasteiger partial charge in [0, 0.05) is 25.9 Å². The van der Waals surface area contributed by atoms with Gasteiger partial charge in [0.05, 0.1) is 16.7 Å². The SMILES string of the molecule is CC(C)(C)OC(=O)c1cccc2c(C(=O)Nc3ccc(Br)cc3)cccc12.CC(C)(C)OC(=O)c1cccc2c(C(=O)O)cccc12.Nc1ccc(Br)cc1. The van der Waals surface area contributed by atoms with Gasteiger partial charge in [-0.25, -0.2) is 14.4 Å². The topological polar surface area (TPSA) is 145 Å². The highest BCUT2D eigenvalue weighted by Gasteiger charge is 2.22. The molecule has 1 amide bonds. The van der Waals surface area contributed by atoms with Crippen LogP contribution in [0.15, 0.2) is 130 Å². The first-order valence-corrected chi connectivity index (χ1v) is 18.7. The summed E-state index contributed by atoms with van der Waals surface area (Å²) >= 11 is 6.66. The number of nitrogens with two attached hydrogens (primary N) is 1. The zero-order chi connectivity index (χ0) is 40.5. The fraction of sp³-hybridized carbons (Fsp3) is 0.182. The van der Waals surface area contributed by atoms with E-state index in [0.29, 0.717) is 43.9 Å². The quantitative estimate of drug-likeness (QED) is 0.115. The number of esters is 2. The third-order valence-electron chi connectivity index (χ3n) is 7.53. The lowest BCUT2D eigenvalue weighted by Gasteiger charge is -2.20. The number of halogens is 2. The van der Waals surface area contributed by atoms with Crippen LogP contribution in [-0.4, -0.2) is 40.1 Å². The van der Waals surface area contributed by atoms with Crippen LogP contribution in [0, 0.1) is 0 Å². The largest absolute Gasteiger partial charge is 0.478 e. The maximum absolute atomic E-state index is 12.8. The van der Waals surface area contributed by atoms with Crippen LogP contribution in [0.4, 0.5) is 11.4 Å². The predicted molar refractivity (Wildman–Crippen MR) is 226 cm³/mol. The Kier molecular flexibility index (Phi) is 14.0. The highest BCUT2D eigenvalue weighted by Crippen LogP contribution is 2.27. The summed E-state index contributed by atoms with van der Waals surface area (Å²) in [4.78, 5) is 48.7. The minimum Gasteiger partial charge on any atom is -0.478 e. The van der Waals surface area contributed by atoms with Crippen molar-refractivity contribution in [1.82, 2.24) is 0 Å². The van der Waals surface area contributed by atoms with E-state index >= 15 is 0 Å². The van der Waals surface area contributed by atoms with Crippen LogP contribution in [0.2, 0.25) is 0 Å². The van der Waals surface area contributed by atoms with Crippen molar-refractivity contribution in [2.75, 3.05) is 11.1 Å². The molecule has 0 saturated heterocycles. The first-order chi connectivity index (χ1) is 25.8. The molecule has 0 spiro atoms. The van der Waals surface area contributed by atoms with E-state index in [9.17, 15) is 24.3 Å². The zero-order valence-electron chi connectivity index (χ0n) is 31.3. The number of nitrogen functional groups attached to an aromatic ring is 1. The Labute approximate surface area is 337 Å². The van der Waals surface area contributed by atoms with E-state index in [1.165, 1.54) is 6.07 Å². The molecule has 284 valence electrons. The van der Waals surface area contributed by atoms with Gasteiger partial charge in [-0.15, -0.1) is 0 Å². The van der Waals surface area contributed by atoms with E-state index in [1.54, 1.807) is 75.4 Å². The first-order valence-electron chi connectivity index (χ1n) is 17.1. The summed E-state index contributed by atoms with van der Waals surface area (Å²) in [5.41, 5.74) is 7.22. The number of carboxylic acids is 1. The van der Waals surface area contributed by atoms with E-state index < -0.39 is 29.1 Å². The molecule has 9 nitrogen and oxygen atoms in total. The molecule has 6 rings (SSSR count). The lowest BCUT2D eigenvalue weighted by molar-refractivity contribution is 0.00592. The second-order valence-electron chi connectivity index (χ2n) is 14.2. The van der Waals surface area contributed by atoms with E-state index in [-0.39, 0.29) is 11.5 Å². The standard InChI is InChI=1S/C22H20BrNO3.C16H16O4.C6H6BrN/c1-22(2,3)27-21(26)19-9-5-6-16-17(19)7-4-8-18(16)20(25)24-15-12-10-14(23)11-13-15;1-16(2,3)20-15(19)13-9-5-6-10-11(13)7-4-8-12(10)14(17)18;7-5-1-3-6(8)4-2-5/h4-13H,1-3H3,(H,24,25);4-9H,1-3H3,(H,17,18);1-4H,8H2. The third-order valence-corrected chi connectivity index (χ3v) is 8.59. The molecule has 0 unspecified atom stereocenters. The molecular formula is C44H42Br2N2O7. The highest BCUT2D eigenvalue weighted by atomic mass is 79.9. The highest BCUT2D eigenvalue weighted by molar-refractivity contribution is 9.10. The number of carboxylic acid groups (broad SMARTS) is 1. The zero-order valence-corrected chi connectivity index (χ0v) is 34.4. The minimum absolute atomic E-state index is 0.174. The molecule has 55 heavy (non-hydrogen) atoms. The molecule has 6 aromatic carbocycles. The van der Waals surface area contributed by atoms with Crippen LogP contribution in [0.25, 0.3) is 21.5 Å². The van der Waals surface area contributed by atoms with Crippen LogP contribution >= 0.6 is 31.9 Å². The van der Waals surface area contributed by atoms with Crippen LogP contribution in [-0.2, 0) is 9.47 Å². The summed E-state index contributed by atoms with van der Waals surface area (Å²) in [7, 11) is 0. The number of carbonyl (C=O) groups is 4. The predicted octanol–water partition coefficient (Wildman–Crippen LogP) is 11.3. The Balaban J connectivity index is 0.000000209. The number of carbonyl (C=O) groups excluding carboxylic acids is 3. The van der Waals surface area contributed by atoms with E-state index in [0.717, 1.165) is 14.6 Å². The van der Waals surface area contributed by atoms with Crippen LogP contribution < -0.4 is 11.1 Å². The monoisotopic (exact) mass is 868 g/mol. The molecule has 0 aliphatic heterocycles.